The third-order valence-electron chi connectivity index (χ3n) is 2.70. The molecule has 0 saturated carbocycles. The number of para-hydroxylation sites is 1. The lowest BCUT2D eigenvalue weighted by molar-refractivity contribution is -0.136. The van der Waals surface area contributed by atoms with Crippen LogP contribution in [0.1, 0.15) is 18.4 Å². The van der Waals surface area contributed by atoms with Crippen LogP contribution in [0.3, 0.4) is 0 Å². The number of aliphatic carboxylic acids is 1. The van der Waals surface area contributed by atoms with Crippen LogP contribution in [0.15, 0.2) is 24.3 Å². The molecule has 1 aromatic rings. The Labute approximate surface area is 99.0 Å². The number of carbonyl (C=O) groups excluding carboxylic acids is 1. The SMILES string of the molecule is O=C(O)CCc1ccccc1N1NCCC1=O. The number of benzene rings is 1. The number of rotatable bonds is 4. The highest BCUT2D eigenvalue weighted by molar-refractivity contribution is 5.95. The monoisotopic (exact) mass is 234 g/mol. The minimum absolute atomic E-state index is 0.0211. The summed E-state index contributed by atoms with van der Waals surface area (Å²) in [6.07, 6.45) is 0.975. The molecule has 1 saturated heterocycles. The van der Waals surface area contributed by atoms with Crippen LogP contribution in [-0.2, 0) is 16.0 Å². The fraction of sp³-hybridized carbons (Fsp3) is 0.333. The molecule has 1 aliphatic rings. The normalized spacial score (nSPS) is 15.3. The number of nitrogens with one attached hydrogen (secondary N) is 1. The van der Waals surface area contributed by atoms with E-state index in [1.165, 1.54) is 5.01 Å². The Morgan fingerprint density at radius 2 is 2.18 bits per heavy atom. The van der Waals surface area contributed by atoms with E-state index in [0.717, 1.165) is 11.3 Å². The van der Waals surface area contributed by atoms with Crippen molar-refractivity contribution in [2.45, 2.75) is 19.3 Å². The molecule has 0 unspecified atom stereocenters. The van der Waals surface area contributed by atoms with Gasteiger partial charge in [-0.05, 0) is 18.1 Å². The van der Waals surface area contributed by atoms with Crippen LogP contribution in [0.25, 0.3) is 0 Å². The van der Waals surface area contributed by atoms with E-state index in [-0.39, 0.29) is 12.3 Å². The number of hydrazine groups is 1. The molecule has 0 aromatic heterocycles. The van der Waals surface area contributed by atoms with E-state index >= 15 is 0 Å². The van der Waals surface area contributed by atoms with Crippen LogP contribution in [0.2, 0.25) is 0 Å². The summed E-state index contributed by atoms with van der Waals surface area (Å²) in [5.74, 6) is -0.812. The van der Waals surface area contributed by atoms with Gasteiger partial charge < -0.3 is 5.11 Å². The lowest BCUT2D eigenvalue weighted by Crippen LogP contribution is -2.34. The van der Waals surface area contributed by atoms with Gasteiger partial charge >= 0.3 is 5.97 Å². The molecule has 5 nitrogen and oxygen atoms in total. The van der Waals surface area contributed by atoms with Crippen molar-refractivity contribution in [3.05, 3.63) is 29.8 Å². The van der Waals surface area contributed by atoms with Gasteiger partial charge in [-0.3, -0.25) is 9.59 Å². The van der Waals surface area contributed by atoms with E-state index < -0.39 is 5.97 Å². The Balaban J connectivity index is 2.20. The Bertz CT molecular complexity index is 445. The number of carbonyl (C=O) groups is 2. The predicted octanol–water partition coefficient (Wildman–Crippen LogP) is 0.945. The quantitative estimate of drug-likeness (QED) is 0.813. The number of aryl methyl sites for hydroxylation is 1. The zero-order valence-electron chi connectivity index (χ0n) is 9.35. The Morgan fingerprint density at radius 1 is 1.41 bits per heavy atom. The number of nitrogens with zero attached hydrogens (tertiary/aromatic N) is 1. The first-order valence-corrected chi connectivity index (χ1v) is 5.54. The summed E-state index contributed by atoms with van der Waals surface area (Å²) in [5.41, 5.74) is 4.62. The minimum Gasteiger partial charge on any atom is -0.481 e. The highest BCUT2D eigenvalue weighted by Crippen LogP contribution is 2.22. The predicted molar refractivity (Wildman–Crippen MR) is 62.5 cm³/mol. The van der Waals surface area contributed by atoms with Gasteiger partial charge in [0.2, 0.25) is 5.91 Å². The maximum Gasteiger partial charge on any atom is 0.303 e. The van der Waals surface area contributed by atoms with Crippen molar-refractivity contribution in [1.82, 2.24) is 5.43 Å². The molecule has 0 bridgehead atoms. The largest absolute Gasteiger partial charge is 0.481 e. The van der Waals surface area contributed by atoms with E-state index in [9.17, 15) is 9.59 Å². The molecule has 1 fully saturated rings. The first-order chi connectivity index (χ1) is 8.18. The maximum absolute atomic E-state index is 11.6. The molecule has 1 aromatic carbocycles. The topological polar surface area (TPSA) is 69.6 Å². The standard InChI is InChI=1S/C12H14N2O3/c15-11-7-8-13-14(11)10-4-2-1-3-9(10)5-6-12(16)17/h1-4,13H,5-8H2,(H,16,17). The number of amides is 1. The number of anilines is 1. The third-order valence-corrected chi connectivity index (χ3v) is 2.70. The van der Waals surface area contributed by atoms with Gasteiger partial charge in [0.15, 0.2) is 0 Å². The molecule has 0 radical (unpaired) electrons. The van der Waals surface area contributed by atoms with Gasteiger partial charge in [0.1, 0.15) is 0 Å². The molecule has 1 aliphatic heterocycles. The number of hydrogen-bond donors (Lipinski definition) is 2. The minimum atomic E-state index is -0.833. The summed E-state index contributed by atoms with van der Waals surface area (Å²) in [4.78, 5) is 22.2. The molecule has 0 atom stereocenters. The third kappa shape index (κ3) is 2.62. The van der Waals surface area contributed by atoms with Gasteiger partial charge in [0.05, 0.1) is 5.69 Å². The van der Waals surface area contributed by atoms with Crippen LogP contribution in [0, 0.1) is 0 Å². The number of carboxylic acids is 1. The fourth-order valence-electron chi connectivity index (χ4n) is 1.88. The number of hydrogen-bond acceptors (Lipinski definition) is 3. The molecule has 90 valence electrons. The van der Waals surface area contributed by atoms with Gasteiger partial charge in [-0.25, -0.2) is 10.4 Å². The summed E-state index contributed by atoms with van der Waals surface area (Å²) in [6, 6.07) is 7.37. The van der Waals surface area contributed by atoms with Crippen LogP contribution in [0.4, 0.5) is 5.69 Å². The van der Waals surface area contributed by atoms with Gasteiger partial charge in [0, 0.05) is 19.4 Å². The second kappa shape index (κ2) is 4.97. The molecule has 5 heteroatoms. The highest BCUT2D eigenvalue weighted by atomic mass is 16.4. The Kier molecular flexibility index (Phi) is 3.39. The van der Waals surface area contributed by atoms with Crippen LogP contribution >= 0.6 is 0 Å². The molecule has 2 N–H and O–H groups in total. The number of carboxylic acid groups (broad SMARTS) is 1. The molecule has 1 amide bonds. The molecular formula is C12H14N2O3. The van der Waals surface area contributed by atoms with Gasteiger partial charge in [-0.1, -0.05) is 18.2 Å². The van der Waals surface area contributed by atoms with E-state index in [1.54, 1.807) is 0 Å². The van der Waals surface area contributed by atoms with Crippen LogP contribution in [0.5, 0.6) is 0 Å². The van der Waals surface area contributed by atoms with E-state index in [0.29, 0.717) is 19.4 Å². The zero-order valence-corrected chi connectivity index (χ0v) is 9.35. The first kappa shape index (κ1) is 11.6. The fourth-order valence-corrected chi connectivity index (χ4v) is 1.88. The summed E-state index contributed by atoms with van der Waals surface area (Å²) >= 11 is 0. The van der Waals surface area contributed by atoms with Gasteiger partial charge in [-0.2, -0.15) is 0 Å². The second-order valence-corrected chi connectivity index (χ2v) is 3.91. The van der Waals surface area contributed by atoms with E-state index in [2.05, 4.69) is 5.43 Å². The molecule has 0 spiro atoms. The molecule has 0 aliphatic carbocycles. The van der Waals surface area contributed by atoms with Crippen molar-refractivity contribution >= 4 is 17.6 Å². The second-order valence-electron chi connectivity index (χ2n) is 3.91. The molecule has 1 heterocycles. The van der Waals surface area contributed by atoms with Crippen molar-refractivity contribution in [2.75, 3.05) is 11.6 Å². The smallest absolute Gasteiger partial charge is 0.303 e. The van der Waals surface area contributed by atoms with Crippen molar-refractivity contribution < 1.29 is 14.7 Å². The van der Waals surface area contributed by atoms with Crippen molar-refractivity contribution in [2.24, 2.45) is 0 Å². The van der Waals surface area contributed by atoms with E-state index in [4.69, 9.17) is 5.11 Å². The summed E-state index contributed by atoms with van der Waals surface area (Å²) in [7, 11) is 0. The Morgan fingerprint density at radius 3 is 2.82 bits per heavy atom. The van der Waals surface area contributed by atoms with Crippen molar-refractivity contribution in [3.8, 4) is 0 Å². The summed E-state index contributed by atoms with van der Waals surface area (Å²) in [5, 5.41) is 10.2. The summed E-state index contributed by atoms with van der Waals surface area (Å²) in [6.45, 7) is 0.631. The lowest BCUT2D eigenvalue weighted by atomic mass is 10.1. The molecular weight excluding hydrogens is 220 g/mol. The van der Waals surface area contributed by atoms with Crippen molar-refractivity contribution in [1.29, 1.82) is 0 Å². The van der Waals surface area contributed by atoms with Crippen LogP contribution < -0.4 is 10.4 Å². The molecule has 2 rings (SSSR count). The van der Waals surface area contributed by atoms with Crippen molar-refractivity contribution in [3.63, 3.8) is 0 Å². The van der Waals surface area contributed by atoms with E-state index in [1.807, 2.05) is 24.3 Å². The summed E-state index contributed by atoms with van der Waals surface area (Å²) < 4.78 is 0. The average Bonchev–Trinajstić information content (AvgIpc) is 2.73. The van der Waals surface area contributed by atoms with Gasteiger partial charge in [0.25, 0.3) is 0 Å². The first-order valence-electron chi connectivity index (χ1n) is 5.54. The van der Waals surface area contributed by atoms with Gasteiger partial charge in [-0.15, -0.1) is 0 Å². The highest BCUT2D eigenvalue weighted by Gasteiger charge is 2.23. The zero-order chi connectivity index (χ0) is 12.3. The van der Waals surface area contributed by atoms with Crippen LogP contribution in [-0.4, -0.2) is 23.5 Å². The maximum atomic E-state index is 11.6. The Hall–Kier alpha value is -1.88. The average molecular weight is 234 g/mol. The lowest BCUT2D eigenvalue weighted by Gasteiger charge is -2.19. The molecule has 17 heavy (non-hydrogen) atoms.